The van der Waals surface area contributed by atoms with Gasteiger partial charge in [0.1, 0.15) is 11.6 Å². The van der Waals surface area contributed by atoms with Crippen LogP contribution in [0.4, 0.5) is 17.6 Å². The highest BCUT2D eigenvalue weighted by molar-refractivity contribution is 7.80. The van der Waals surface area contributed by atoms with Gasteiger partial charge >= 0.3 is 0 Å². The third-order valence-electron chi connectivity index (χ3n) is 7.99. The number of anilines is 3. The molecule has 3 heterocycles. The van der Waals surface area contributed by atoms with Gasteiger partial charge in [-0.3, -0.25) is 0 Å². The van der Waals surface area contributed by atoms with Crippen molar-refractivity contribution in [2.75, 3.05) is 61.1 Å². The number of aromatic nitrogens is 2. The Labute approximate surface area is 221 Å². The van der Waals surface area contributed by atoms with Crippen molar-refractivity contribution in [2.24, 2.45) is 11.8 Å². The minimum atomic E-state index is 0.134. The molecule has 3 aliphatic rings. The second-order valence-corrected chi connectivity index (χ2v) is 11.4. The summed E-state index contributed by atoms with van der Waals surface area (Å²) in [6, 6.07) is 13.0. The lowest BCUT2D eigenvalue weighted by Gasteiger charge is -2.36. The Morgan fingerprint density at radius 1 is 1.00 bits per heavy atom. The molecular formula is C28H40N6OS. The van der Waals surface area contributed by atoms with Gasteiger partial charge in [-0.25, -0.2) is 0 Å². The van der Waals surface area contributed by atoms with Crippen LogP contribution in [0.3, 0.4) is 0 Å². The van der Waals surface area contributed by atoms with Gasteiger partial charge in [0.25, 0.3) is 0 Å². The monoisotopic (exact) mass is 508 g/mol. The van der Waals surface area contributed by atoms with E-state index in [1.54, 1.807) is 0 Å². The molecule has 36 heavy (non-hydrogen) atoms. The first-order valence-electron chi connectivity index (χ1n) is 13.6. The van der Waals surface area contributed by atoms with Crippen molar-refractivity contribution in [3.63, 3.8) is 0 Å². The van der Waals surface area contributed by atoms with Crippen LogP contribution in [0.2, 0.25) is 0 Å². The Hall–Kier alpha value is -2.45. The number of rotatable bonds is 6. The average Bonchev–Trinajstić information content (AvgIpc) is 3.38. The number of nitrogens with zero attached hydrogens (tertiary/aromatic N) is 4. The first kappa shape index (κ1) is 25.2. The molecule has 0 radical (unpaired) electrons. The smallest absolute Gasteiger partial charge is 0.232 e. The minimum Gasteiger partial charge on any atom is -0.378 e. The van der Waals surface area contributed by atoms with Crippen LogP contribution in [0.1, 0.15) is 51.5 Å². The van der Waals surface area contributed by atoms with Gasteiger partial charge in [0.15, 0.2) is 5.11 Å². The number of benzene rings is 1. The minimum absolute atomic E-state index is 0.134. The fraction of sp³-hybridized carbons (Fsp3) is 0.607. The first-order valence-corrected chi connectivity index (χ1v) is 14.0. The molecule has 0 spiro atoms. The second kappa shape index (κ2) is 11.3. The fourth-order valence-corrected chi connectivity index (χ4v) is 6.41. The Morgan fingerprint density at radius 2 is 1.64 bits per heavy atom. The van der Waals surface area contributed by atoms with Crippen LogP contribution in [0.15, 0.2) is 36.4 Å². The standard InChI is InChI=1S/C28H40N6OS/c1-21-16-22(2)19-34(18-21)25-17-24(33-12-14-35-15-13-33)30-26(31-25)32-27(36)29-20-28(10-6-7-11-28)23-8-4-3-5-9-23/h3-5,8-9,17,21-22H,6-7,10-16,18-20H2,1-2H3,(H2,29,30,31,32,36)/t21-,22-/m0/s1. The summed E-state index contributed by atoms with van der Waals surface area (Å²) in [7, 11) is 0. The second-order valence-electron chi connectivity index (χ2n) is 11.0. The van der Waals surface area contributed by atoms with Gasteiger partial charge in [-0.1, -0.05) is 57.0 Å². The van der Waals surface area contributed by atoms with Crippen molar-refractivity contribution >= 4 is 34.9 Å². The van der Waals surface area contributed by atoms with E-state index in [9.17, 15) is 0 Å². The van der Waals surface area contributed by atoms with Crippen molar-refractivity contribution in [1.82, 2.24) is 15.3 Å². The summed E-state index contributed by atoms with van der Waals surface area (Å²) < 4.78 is 5.58. The molecule has 0 amide bonds. The van der Waals surface area contributed by atoms with Crippen LogP contribution < -0.4 is 20.4 Å². The third-order valence-corrected chi connectivity index (χ3v) is 8.23. The number of nitrogens with one attached hydrogen (secondary N) is 2. The molecule has 5 rings (SSSR count). The molecule has 7 nitrogen and oxygen atoms in total. The maximum absolute atomic E-state index is 5.76. The Balaban J connectivity index is 1.32. The van der Waals surface area contributed by atoms with Crippen LogP contribution >= 0.6 is 12.2 Å². The SMILES string of the molecule is C[C@H]1C[C@H](C)CN(c2cc(N3CCOCC3)nc(NC(=S)NCC3(c4ccccc4)CCCC3)n2)C1. The number of hydrogen-bond donors (Lipinski definition) is 2. The first-order chi connectivity index (χ1) is 17.5. The van der Waals surface area contributed by atoms with E-state index in [0.717, 1.165) is 57.6 Å². The molecule has 2 atom stereocenters. The normalized spacial score (nSPS) is 23.9. The van der Waals surface area contributed by atoms with Crippen LogP contribution in [0.5, 0.6) is 0 Å². The van der Waals surface area contributed by atoms with Crippen molar-refractivity contribution in [1.29, 1.82) is 0 Å². The summed E-state index contributed by atoms with van der Waals surface area (Å²) in [5.74, 6) is 3.78. The van der Waals surface area contributed by atoms with E-state index in [1.165, 1.54) is 37.7 Å². The fourth-order valence-electron chi connectivity index (χ4n) is 6.25. The zero-order valence-corrected chi connectivity index (χ0v) is 22.5. The molecular weight excluding hydrogens is 468 g/mol. The topological polar surface area (TPSA) is 65.6 Å². The Kier molecular flexibility index (Phi) is 7.91. The van der Waals surface area contributed by atoms with Crippen molar-refractivity contribution < 1.29 is 4.74 Å². The van der Waals surface area contributed by atoms with Crippen LogP contribution in [-0.2, 0) is 10.2 Å². The van der Waals surface area contributed by atoms with E-state index in [-0.39, 0.29) is 5.41 Å². The molecule has 194 valence electrons. The van der Waals surface area contributed by atoms with E-state index in [0.29, 0.717) is 22.9 Å². The van der Waals surface area contributed by atoms with Gasteiger partial charge < -0.3 is 25.2 Å². The van der Waals surface area contributed by atoms with Crippen molar-refractivity contribution in [3.8, 4) is 0 Å². The molecule has 2 aliphatic heterocycles. The molecule has 2 aromatic rings. The largest absolute Gasteiger partial charge is 0.378 e. The van der Waals surface area contributed by atoms with Gasteiger partial charge in [-0.05, 0) is 48.9 Å². The number of ether oxygens (including phenoxy) is 1. The highest BCUT2D eigenvalue weighted by Crippen LogP contribution is 2.40. The van der Waals surface area contributed by atoms with E-state index in [1.807, 2.05) is 0 Å². The molecule has 2 N–H and O–H groups in total. The lowest BCUT2D eigenvalue weighted by atomic mass is 9.79. The predicted octanol–water partition coefficient (Wildman–Crippen LogP) is 4.59. The highest BCUT2D eigenvalue weighted by Gasteiger charge is 2.35. The summed E-state index contributed by atoms with van der Waals surface area (Å²) in [5, 5.41) is 7.43. The van der Waals surface area contributed by atoms with Crippen molar-refractivity contribution in [2.45, 2.75) is 51.4 Å². The number of thiocarbonyl (C=S) groups is 1. The maximum atomic E-state index is 5.76. The number of hydrogen-bond acceptors (Lipinski definition) is 6. The van der Waals surface area contributed by atoms with Gasteiger partial charge in [-0.2, -0.15) is 9.97 Å². The van der Waals surface area contributed by atoms with Gasteiger partial charge in [-0.15, -0.1) is 0 Å². The Bertz CT molecular complexity index is 1010. The zero-order valence-electron chi connectivity index (χ0n) is 21.7. The van der Waals surface area contributed by atoms with E-state index in [4.69, 9.17) is 26.9 Å². The van der Waals surface area contributed by atoms with Gasteiger partial charge in [0.2, 0.25) is 5.95 Å². The van der Waals surface area contributed by atoms with Gasteiger partial charge in [0, 0.05) is 44.2 Å². The van der Waals surface area contributed by atoms with E-state index < -0.39 is 0 Å². The summed E-state index contributed by atoms with van der Waals surface area (Å²) in [6.07, 6.45) is 6.16. The zero-order chi connectivity index (χ0) is 25.0. The van der Waals surface area contributed by atoms with E-state index in [2.05, 4.69) is 70.7 Å². The molecule has 0 bridgehead atoms. The summed E-state index contributed by atoms with van der Waals surface area (Å²) in [5.41, 5.74) is 1.54. The molecule has 1 aromatic heterocycles. The lowest BCUT2D eigenvalue weighted by Crippen LogP contribution is -2.42. The van der Waals surface area contributed by atoms with Crippen LogP contribution in [-0.4, -0.2) is 61.0 Å². The highest BCUT2D eigenvalue weighted by atomic mass is 32.1. The lowest BCUT2D eigenvalue weighted by molar-refractivity contribution is 0.122. The molecule has 1 aliphatic carbocycles. The van der Waals surface area contributed by atoms with E-state index >= 15 is 0 Å². The number of morpholine rings is 1. The van der Waals surface area contributed by atoms with Crippen LogP contribution in [0, 0.1) is 11.8 Å². The van der Waals surface area contributed by atoms with Crippen LogP contribution in [0.25, 0.3) is 0 Å². The Morgan fingerprint density at radius 3 is 2.31 bits per heavy atom. The quantitative estimate of drug-likeness (QED) is 0.549. The molecule has 2 saturated heterocycles. The third kappa shape index (κ3) is 5.92. The molecule has 1 saturated carbocycles. The number of piperidine rings is 1. The average molecular weight is 509 g/mol. The molecule has 0 unspecified atom stereocenters. The molecule has 8 heteroatoms. The van der Waals surface area contributed by atoms with Gasteiger partial charge in [0.05, 0.1) is 13.2 Å². The molecule has 1 aromatic carbocycles. The van der Waals surface area contributed by atoms with Crippen molar-refractivity contribution in [3.05, 3.63) is 42.0 Å². The summed E-state index contributed by atoms with van der Waals surface area (Å²) >= 11 is 5.76. The summed E-state index contributed by atoms with van der Waals surface area (Å²) in [4.78, 5) is 14.5. The predicted molar refractivity (Wildman–Crippen MR) is 151 cm³/mol. The summed E-state index contributed by atoms with van der Waals surface area (Å²) in [6.45, 7) is 10.6. The molecule has 3 fully saturated rings. The maximum Gasteiger partial charge on any atom is 0.232 e.